The Kier molecular flexibility index (Phi) is 3.55. The number of nitrogens with one attached hydrogen (secondary N) is 1. The summed E-state index contributed by atoms with van der Waals surface area (Å²) in [4.78, 5) is 8.84. The first-order chi connectivity index (χ1) is 8.60. The zero-order valence-corrected chi connectivity index (χ0v) is 10.8. The number of benzene rings is 1. The van der Waals surface area contributed by atoms with E-state index in [1.54, 1.807) is 6.07 Å². The van der Waals surface area contributed by atoms with E-state index in [1.807, 2.05) is 26.8 Å². The van der Waals surface area contributed by atoms with Crippen LogP contribution < -0.4 is 5.32 Å². The second-order valence-corrected chi connectivity index (χ2v) is 4.21. The van der Waals surface area contributed by atoms with Crippen LogP contribution in [-0.4, -0.2) is 16.5 Å². The smallest absolute Gasteiger partial charge is 0.162 e. The van der Waals surface area contributed by atoms with Crippen molar-refractivity contribution in [1.29, 1.82) is 0 Å². The number of aryl methyl sites for hydroxylation is 2. The van der Waals surface area contributed by atoms with Crippen molar-refractivity contribution in [2.75, 3.05) is 11.9 Å². The van der Waals surface area contributed by atoms with E-state index >= 15 is 0 Å². The Hall–Kier alpha value is -1.97. The SMILES string of the molecule is CCNc1cc(C)nc(-c2ccc(F)cc2C)n1. The highest BCUT2D eigenvalue weighted by Crippen LogP contribution is 2.22. The number of halogens is 1. The summed E-state index contributed by atoms with van der Waals surface area (Å²) in [5, 5.41) is 3.16. The molecule has 1 N–H and O–H groups in total. The summed E-state index contributed by atoms with van der Waals surface area (Å²) in [6.45, 7) is 6.60. The first-order valence-corrected chi connectivity index (χ1v) is 5.96. The van der Waals surface area contributed by atoms with Crippen LogP contribution in [0.25, 0.3) is 11.4 Å². The summed E-state index contributed by atoms with van der Waals surface area (Å²) in [6.07, 6.45) is 0. The van der Waals surface area contributed by atoms with Crippen LogP contribution in [0.1, 0.15) is 18.2 Å². The summed E-state index contributed by atoms with van der Waals surface area (Å²) in [5.74, 6) is 1.18. The molecule has 94 valence electrons. The Morgan fingerprint density at radius 3 is 2.61 bits per heavy atom. The third-order valence-electron chi connectivity index (χ3n) is 2.64. The van der Waals surface area contributed by atoms with E-state index in [-0.39, 0.29) is 5.82 Å². The first-order valence-electron chi connectivity index (χ1n) is 5.96. The average molecular weight is 245 g/mol. The highest BCUT2D eigenvalue weighted by atomic mass is 19.1. The Morgan fingerprint density at radius 2 is 1.94 bits per heavy atom. The second-order valence-electron chi connectivity index (χ2n) is 4.21. The third kappa shape index (κ3) is 2.64. The Morgan fingerprint density at radius 1 is 1.17 bits per heavy atom. The van der Waals surface area contributed by atoms with Crippen LogP contribution in [-0.2, 0) is 0 Å². The van der Waals surface area contributed by atoms with Gasteiger partial charge in [-0.1, -0.05) is 0 Å². The van der Waals surface area contributed by atoms with Gasteiger partial charge in [0.1, 0.15) is 11.6 Å². The molecule has 0 aliphatic carbocycles. The van der Waals surface area contributed by atoms with Crippen LogP contribution in [0, 0.1) is 19.7 Å². The van der Waals surface area contributed by atoms with Gasteiger partial charge in [-0.05, 0) is 44.5 Å². The van der Waals surface area contributed by atoms with Crippen molar-refractivity contribution in [2.45, 2.75) is 20.8 Å². The van der Waals surface area contributed by atoms with Crippen LogP contribution in [0.15, 0.2) is 24.3 Å². The van der Waals surface area contributed by atoms with Crippen molar-refractivity contribution >= 4 is 5.82 Å². The normalized spacial score (nSPS) is 10.4. The molecule has 0 saturated carbocycles. The lowest BCUT2D eigenvalue weighted by molar-refractivity contribution is 0.627. The van der Waals surface area contributed by atoms with Gasteiger partial charge in [0.05, 0.1) is 0 Å². The standard InChI is InChI=1S/C14H16FN3/c1-4-16-13-8-10(3)17-14(18-13)12-6-5-11(15)7-9(12)2/h5-8H,4H2,1-3H3,(H,16,17,18). The summed E-state index contributed by atoms with van der Waals surface area (Å²) in [6, 6.07) is 6.54. The molecule has 0 fully saturated rings. The maximum Gasteiger partial charge on any atom is 0.162 e. The molecule has 0 unspecified atom stereocenters. The van der Waals surface area contributed by atoms with Crippen LogP contribution in [0.4, 0.5) is 10.2 Å². The van der Waals surface area contributed by atoms with Gasteiger partial charge in [-0.2, -0.15) is 0 Å². The maximum atomic E-state index is 13.1. The summed E-state index contributed by atoms with van der Waals surface area (Å²) >= 11 is 0. The lowest BCUT2D eigenvalue weighted by Crippen LogP contribution is -2.03. The average Bonchev–Trinajstić information content (AvgIpc) is 2.28. The number of aromatic nitrogens is 2. The van der Waals surface area contributed by atoms with Crippen LogP contribution in [0.3, 0.4) is 0 Å². The zero-order valence-electron chi connectivity index (χ0n) is 10.8. The Bertz CT molecular complexity index is 567. The van der Waals surface area contributed by atoms with Gasteiger partial charge in [-0.3, -0.25) is 0 Å². The third-order valence-corrected chi connectivity index (χ3v) is 2.64. The topological polar surface area (TPSA) is 37.8 Å². The first kappa shape index (κ1) is 12.5. The van der Waals surface area contributed by atoms with E-state index in [2.05, 4.69) is 15.3 Å². The molecule has 0 radical (unpaired) electrons. The largest absolute Gasteiger partial charge is 0.370 e. The highest BCUT2D eigenvalue weighted by Gasteiger charge is 2.08. The maximum absolute atomic E-state index is 13.1. The molecular weight excluding hydrogens is 229 g/mol. The number of nitrogens with zero attached hydrogens (tertiary/aromatic N) is 2. The van der Waals surface area contributed by atoms with E-state index < -0.39 is 0 Å². The summed E-state index contributed by atoms with van der Waals surface area (Å²) in [7, 11) is 0. The number of hydrogen-bond donors (Lipinski definition) is 1. The molecule has 18 heavy (non-hydrogen) atoms. The van der Waals surface area contributed by atoms with Crippen molar-refractivity contribution in [2.24, 2.45) is 0 Å². The molecule has 0 atom stereocenters. The van der Waals surface area contributed by atoms with E-state index in [0.717, 1.165) is 29.2 Å². The molecule has 1 aromatic carbocycles. The van der Waals surface area contributed by atoms with Gasteiger partial charge < -0.3 is 5.32 Å². The number of rotatable bonds is 3. The van der Waals surface area contributed by atoms with E-state index in [1.165, 1.54) is 12.1 Å². The molecule has 3 nitrogen and oxygen atoms in total. The van der Waals surface area contributed by atoms with Crippen LogP contribution in [0.2, 0.25) is 0 Å². The lowest BCUT2D eigenvalue weighted by atomic mass is 10.1. The lowest BCUT2D eigenvalue weighted by Gasteiger charge is -2.09. The number of anilines is 1. The fourth-order valence-electron chi connectivity index (χ4n) is 1.84. The van der Waals surface area contributed by atoms with Gasteiger partial charge in [-0.25, -0.2) is 14.4 Å². The predicted octanol–water partition coefficient (Wildman–Crippen LogP) is 3.33. The molecule has 2 rings (SSSR count). The van der Waals surface area contributed by atoms with E-state index in [0.29, 0.717) is 5.82 Å². The highest BCUT2D eigenvalue weighted by molar-refractivity contribution is 5.61. The minimum Gasteiger partial charge on any atom is -0.370 e. The van der Waals surface area contributed by atoms with Crippen molar-refractivity contribution < 1.29 is 4.39 Å². The quantitative estimate of drug-likeness (QED) is 0.901. The van der Waals surface area contributed by atoms with Crippen LogP contribution in [0.5, 0.6) is 0 Å². The van der Waals surface area contributed by atoms with Crippen molar-refractivity contribution in [3.8, 4) is 11.4 Å². The molecule has 0 aliphatic heterocycles. The van der Waals surface area contributed by atoms with Gasteiger partial charge >= 0.3 is 0 Å². The fraction of sp³-hybridized carbons (Fsp3) is 0.286. The minimum absolute atomic E-state index is 0.240. The molecule has 0 aliphatic rings. The molecule has 0 spiro atoms. The molecule has 2 aromatic rings. The minimum atomic E-state index is -0.240. The summed E-state index contributed by atoms with van der Waals surface area (Å²) in [5.41, 5.74) is 2.59. The molecule has 0 amide bonds. The van der Waals surface area contributed by atoms with E-state index in [4.69, 9.17) is 0 Å². The molecule has 0 saturated heterocycles. The van der Waals surface area contributed by atoms with Crippen molar-refractivity contribution in [3.05, 3.63) is 41.3 Å². The molecule has 1 aromatic heterocycles. The Balaban J connectivity index is 2.49. The monoisotopic (exact) mass is 245 g/mol. The predicted molar refractivity (Wildman–Crippen MR) is 71.1 cm³/mol. The second kappa shape index (κ2) is 5.12. The summed E-state index contributed by atoms with van der Waals surface area (Å²) < 4.78 is 13.1. The molecule has 0 bridgehead atoms. The Labute approximate surface area is 106 Å². The van der Waals surface area contributed by atoms with Crippen LogP contribution >= 0.6 is 0 Å². The van der Waals surface area contributed by atoms with Gasteiger partial charge in [0.15, 0.2) is 5.82 Å². The molecule has 4 heteroatoms. The number of hydrogen-bond acceptors (Lipinski definition) is 3. The van der Waals surface area contributed by atoms with Gasteiger partial charge in [0, 0.05) is 23.9 Å². The molecular formula is C14H16FN3. The fourth-order valence-corrected chi connectivity index (χ4v) is 1.84. The van der Waals surface area contributed by atoms with Crippen molar-refractivity contribution in [3.63, 3.8) is 0 Å². The van der Waals surface area contributed by atoms with Gasteiger partial charge in [0.25, 0.3) is 0 Å². The van der Waals surface area contributed by atoms with Gasteiger partial charge in [0.2, 0.25) is 0 Å². The zero-order chi connectivity index (χ0) is 13.1. The van der Waals surface area contributed by atoms with E-state index in [9.17, 15) is 4.39 Å². The molecule has 1 heterocycles. The van der Waals surface area contributed by atoms with Gasteiger partial charge in [-0.15, -0.1) is 0 Å². The van der Waals surface area contributed by atoms with Crippen molar-refractivity contribution in [1.82, 2.24) is 9.97 Å².